The molecule has 5 nitrogen and oxygen atoms in total. The van der Waals surface area contributed by atoms with E-state index in [1.807, 2.05) is 12.1 Å². The van der Waals surface area contributed by atoms with Crippen LogP contribution >= 0.6 is 24.0 Å². The molecular formula is C24H37IN4O. The minimum Gasteiger partial charge on any atom is -0.469 e. The van der Waals surface area contributed by atoms with Gasteiger partial charge in [-0.05, 0) is 49.5 Å². The van der Waals surface area contributed by atoms with Crippen molar-refractivity contribution in [2.45, 2.75) is 33.1 Å². The fourth-order valence-corrected chi connectivity index (χ4v) is 3.98. The van der Waals surface area contributed by atoms with Crippen LogP contribution < -0.4 is 5.32 Å². The van der Waals surface area contributed by atoms with Crippen LogP contribution in [0.15, 0.2) is 58.1 Å². The third-order valence-electron chi connectivity index (χ3n) is 5.74. The van der Waals surface area contributed by atoms with Gasteiger partial charge >= 0.3 is 0 Å². The van der Waals surface area contributed by atoms with Gasteiger partial charge in [-0.1, -0.05) is 44.2 Å². The van der Waals surface area contributed by atoms with E-state index in [-0.39, 0.29) is 24.0 Å². The summed E-state index contributed by atoms with van der Waals surface area (Å²) in [5, 5.41) is 3.62. The van der Waals surface area contributed by atoms with Crippen molar-refractivity contribution in [1.29, 1.82) is 0 Å². The maximum Gasteiger partial charge on any atom is 0.193 e. The molecule has 1 N–H and O–H groups in total. The van der Waals surface area contributed by atoms with Crippen LogP contribution in [-0.4, -0.2) is 61.6 Å². The number of halogens is 1. The fourth-order valence-electron chi connectivity index (χ4n) is 3.98. The third kappa shape index (κ3) is 7.95. The minimum atomic E-state index is 0. The Labute approximate surface area is 198 Å². The normalized spacial score (nSPS) is 16.7. The van der Waals surface area contributed by atoms with Gasteiger partial charge in [0.15, 0.2) is 5.96 Å². The Kier molecular flexibility index (Phi) is 11.3. The van der Waals surface area contributed by atoms with Gasteiger partial charge in [0.1, 0.15) is 5.76 Å². The molecule has 1 aromatic heterocycles. The lowest BCUT2D eigenvalue weighted by Gasteiger charge is -2.24. The smallest absolute Gasteiger partial charge is 0.193 e. The Morgan fingerprint density at radius 3 is 2.63 bits per heavy atom. The van der Waals surface area contributed by atoms with E-state index in [1.165, 1.54) is 18.5 Å². The Balaban J connectivity index is 0.00000320. The summed E-state index contributed by atoms with van der Waals surface area (Å²) in [5.41, 5.74) is 1.36. The number of nitrogens with zero attached hydrogens (tertiary/aromatic N) is 3. The molecule has 2 heterocycles. The van der Waals surface area contributed by atoms with Gasteiger partial charge in [-0.25, -0.2) is 0 Å². The van der Waals surface area contributed by atoms with Crippen molar-refractivity contribution < 1.29 is 4.42 Å². The van der Waals surface area contributed by atoms with Gasteiger partial charge < -0.3 is 19.5 Å². The summed E-state index contributed by atoms with van der Waals surface area (Å²) in [5.74, 6) is 2.77. The summed E-state index contributed by atoms with van der Waals surface area (Å²) in [6.45, 7) is 11.8. The predicted octanol–water partition coefficient (Wildman–Crippen LogP) is 4.29. The highest BCUT2D eigenvalue weighted by atomic mass is 127. The van der Waals surface area contributed by atoms with Gasteiger partial charge in [-0.15, -0.1) is 24.0 Å². The number of nitrogens with one attached hydrogen (secondary N) is 1. The second-order valence-corrected chi connectivity index (χ2v) is 7.78. The van der Waals surface area contributed by atoms with Crippen molar-refractivity contribution in [3.05, 3.63) is 60.1 Å². The molecule has 0 spiro atoms. The Bertz CT molecular complexity index is 716. The molecule has 166 valence electrons. The molecule has 6 heteroatoms. The van der Waals surface area contributed by atoms with Gasteiger partial charge in [-0.3, -0.25) is 4.99 Å². The summed E-state index contributed by atoms with van der Waals surface area (Å²) < 4.78 is 5.46. The van der Waals surface area contributed by atoms with Gasteiger partial charge in [0, 0.05) is 39.1 Å². The first kappa shape index (κ1) is 24.7. The SMILES string of the molecule is CCN(CC)CC1CCN(C(=NCCc2ccco2)NCCc2ccccc2)C1.I. The van der Waals surface area contributed by atoms with Crippen molar-refractivity contribution in [3.63, 3.8) is 0 Å². The van der Waals surface area contributed by atoms with Crippen LogP contribution in [0, 0.1) is 5.92 Å². The number of furan rings is 1. The molecule has 1 unspecified atom stereocenters. The zero-order chi connectivity index (χ0) is 20.3. The predicted molar refractivity (Wildman–Crippen MR) is 136 cm³/mol. The molecule has 1 atom stereocenters. The van der Waals surface area contributed by atoms with E-state index in [0.717, 1.165) is 69.7 Å². The molecular weight excluding hydrogens is 487 g/mol. The van der Waals surface area contributed by atoms with E-state index in [2.05, 4.69) is 59.3 Å². The summed E-state index contributed by atoms with van der Waals surface area (Å²) in [7, 11) is 0. The van der Waals surface area contributed by atoms with Crippen molar-refractivity contribution in [1.82, 2.24) is 15.1 Å². The van der Waals surface area contributed by atoms with Crippen molar-refractivity contribution >= 4 is 29.9 Å². The maximum absolute atomic E-state index is 5.46. The topological polar surface area (TPSA) is 44.0 Å². The number of rotatable bonds is 10. The lowest BCUT2D eigenvalue weighted by molar-refractivity contribution is 0.255. The van der Waals surface area contributed by atoms with Crippen LogP contribution in [0.5, 0.6) is 0 Å². The Morgan fingerprint density at radius 1 is 1.13 bits per heavy atom. The van der Waals surface area contributed by atoms with E-state index in [1.54, 1.807) is 6.26 Å². The second-order valence-electron chi connectivity index (χ2n) is 7.78. The number of hydrogen-bond donors (Lipinski definition) is 1. The summed E-state index contributed by atoms with van der Waals surface area (Å²) >= 11 is 0. The molecule has 1 aliphatic heterocycles. The molecule has 1 aromatic carbocycles. The highest BCUT2D eigenvalue weighted by molar-refractivity contribution is 14.0. The largest absolute Gasteiger partial charge is 0.469 e. The first-order chi connectivity index (χ1) is 14.3. The molecule has 0 radical (unpaired) electrons. The number of likely N-dealkylation sites (tertiary alicyclic amines) is 1. The summed E-state index contributed by atoms with van der Waals surface area (Å²) in [6.07, 6.45) is 4.83. The summed E-state index contributed by atoms with van der Waals surface area (Å²) in [4.78, 5) is 9.90. The van der Waals surface area contributed by atoms with Crippen molar-refractivity contribution in [3.8, 4) is 0 Å². The zero-order valence-electron chi connectivity index (χ0n) is 18.4. The summed E-state index contributed by atoms with van der Waals surface area (Å²) in [6, 6.07) is 14.6. The number of guanidine groups is 1. The molecule has 1 fully saturated rings. The molecule has 0 saturated carbocycles. The van der Waals surface area contributed by atoms with Crippen LogP contribution in [-0.2, 0) is 12.8 Å². The van der Waals surface area contributed by atoms with Crippen molar-refractivity contribution in [2.75, 3.05) is 45.8 Å². The first-order valence-electron chi connectivity index (χ1n) is 11.1. The van der Waals surface area contributed by atoms with Crippen molar-refractivity contribution in [2.24, 2.45) is 10.9 Å². The van der Waals surface area contributed by atoms with Gasteiger partial charge in [0.25, 0.3) is 0 Å². The van der Waals surface area contributed by atoms with E-state index in [4.69, 9.17) is 9.41 Å². The second kappa shape index (κ2) is 13.7. The molecule has 0 amide bonds. The number of hydrogen-bond acceptors (Lipinski definition) is 3. The van der Waals surface area contributed by atoms with Crippen LogP contribution in [0.3, 0.4) is 0 Å². The van der Waals surface area contributed by atoms with E-state index in [0.29, 0.717) is 0 Å². The van der Waals surface area contributed by atoms with Gasteiger partial charge in [-0.2, -0.15) is 0 Å². The molecule has 1 aliphatic rings. The maximum atomic E-state index is 5.46. The Hall–Kier alpha value is -1.54. The average Bonchev–Trinajstić information content (AvgIpc) is 3.44. The molecule has 1 saturated heterocycles. The molecule has 3 rings (SSSR count). The monoisotopic (exact) mass is 524 g/mol. The van der Waals surface area contributed by atoms with Crippen LogP contribution in [0.4, 0.5) is 0 Å². The van der Waals surface area contributed by atoms with E-state index < -0.39 is 0 Å². The van der Waals surface area contributed by atoms with Gasteiger partial charge in [0.05, 0.1) is 6.26 Å². The Morgan fingerprint density at radius 2 is 1.93 bits per heavy atom. The fraction of sp³-hybridized carbons (Fsp3) is 0.542. The third-order valence-corrected chi connectivity index (χ3v) is 5.74. The minimum absolute atomic E-state index is 0. The number of benzene rings is 1. The van der Waals surface area contributed by atoms with E-state index >= 15 is 0 Å². The number of aliphatic imine (C=N–C) groups is 1. The lowest BCUT2D eigenvalue weighted by atomic mass is 10.1. The van der Waals surface area contributed by atoms with Crippen LogP contribution in [0.25, 0.3) is 0 Å². The molecule has 0 bridgehead atoms. The van der Waals surface area contributed by atoms with Crippen LogP contribution in [0.1, 0.15) is 31.6 Å². The molecule has 30 heavy (non-hydrogen) atoms. The first-order valence-corrected chi connectivity index (χ1v) is 11.1. The lowest BCUT2D eigenvalue weighted by Crippen LogP contribution is -2.42. The zero-order valence-corrected chi connectivity index (χ0v) is 20.8. The molecule has 2 aromatic rings. The standard InChI is InChI=1S/C24H36N4O.HI/c1-3-27(4-2)19-22-14-17-28(20-22)24(26-16-13-23-11-8-18-29-23)25-15-12-21-9-6-5-7-10-21;/h5-11,18,22H,3-4,12-17,19-20H2,1-2H3,(H,25,26);1H. The van der Waals surface area contributed by atoms with Crippen LogP contribution in [0.2, 0.25) is 0 Å². The highest BCUT2D eigenvalue weighted by Gasteiger charge is 2.26. The highest BCUT2D eigenvalue weighted by Crippen LogP contribution is 2.18. The average molecular weight is 524 g/mol. The quantitative estimate of drug-likeness (QED) is 0.286. The van der Waals surface area contributed by atoms with E-state index in [9.17, 15) is 0 Å². The molecule has 0 aliphatic carbocycles. The van der Waals surface area contributed by atoms with Gasteiger partial charge in [0.2, 0.25) is 0 Å².